The van der Waals surface area contributed by atoms with Gasteiger partial charge in [-0.05, 0) is 12.1 Å². The van der Waals surface area contributed by atoms with Crippen molar-refractivity contribution in [2.24, 2.45) is 5.92 Å². The van der Waals surface area contributed by atoms with Crippen LogP contribution in [-0.4, -0.2) is 41.4 Å². The molecule has 1 aromatic heterocycles. The second-order valence-corrected chi connectivity index (χ2v) is 7.59. The van der Waals surface area contributed by atoms with Gasteiger partial charge in [-0.2, -0.15) is 5.26 Å². The van der Waals surface area contributed by atoms with Crippen molar-refractivity contribution < 1.29 is 14.3 Å². The average molecular weight is 389 g/mol. The fraction of sp³-hybridized carbons (Fsp3) is 0.312. The number of carbonyl (C=O) groups excluding carboxylic acids is 2. The number of carbonyl (C=O) groups is 2. The number of hydrogen-bond acceptors (Lipinski definition) is 8. The number of rotatable bonds is 6. The number of aromatic nitrogens is 2. The topological polar surface area (TPSA) is 108 Å². The Kier molecular flexibility index (Phi) is 5.70. The van der Waals surface area contributed by atoms with Crippen LogP contribution in [0.15, 0.2) is 28.6 Å². The van der Waals surface area contributed by atoms with Crippen LogP contribution in [0.2, 0.25) is 0 Å². The Bertz CT molecular complexity index is 864. The minimum absolute atomic E-state index is 0.124. The maximum absolute atomic E-state index is 12.5. The zero-order valence-corrected chi connectivity index (χ0v) is 15.5. The quantitative estimate of drug-likeness (QED) is 0.596. The normalized spacial score (nSPS) is 16.4. The number of nitrogens with one attached hydrogen (secondary N) is 1. The van der Waals surface area contributed by atoms with E-state index in [1.807, 2.05) is 18.2 Å². The Morgan fingerprint density at radius 2 is 2.31 bits per heavy atom. The highest BCUT2D eigenvalue weighted by Crippen LogP contribution is 2.33. The number of nitrogens with zero attached hydrogens (tertiary/aromatic N) is 4. The van der Waals surface area contributed by atoms with Gasteiger partial charge in [-0.15, -0.1) is 10.2 Å². The van der Waals surface area contributed by atoms with Crippen LogP contribution < -0.4 is 15.0 Å². The molecule has 0 spiro atoms. The lowest BCUT2D eigenvalue weighted by Gasteiger charge is -2.19. The first-order chi connectivity index (χ1) is 12.6. The maximum Gasteiger partial charge on any atom is 0.231 e. The number of ether oxygens (including phenoxy) is 1. The van der Waals surface area contributed by atoms with Crippen LogP contribution in [-0.2, 0) is 9.59 Å². The van der Waals surface area contributed by atoms with Crippen molar-refractivity contribution >= 4 is 45.7 Å². The first kappa shape index (κ1) is 18.2. The van der Waals surface area contributed by atoms with Crippen molar-refractivity contribution in [3.63, 3.8) is 0 Å². The first-order valence-corrected chi connectivity index (χ1v) is 9.50. The van der Waals surface area contributed by atoms with Crippen LogP contribution in [0.5, 0.6) is 5.75 Å². The van der Waals surface area contributed by atoms with Gasteiger partial charge in [0.05, 0.1) is 30.5 Å². The van der Waals surface area contributed by atoms with E-state index in [-0.39, 0.29) is 30.5 Å². The molecule has 3 rings (SSSR count). The summed E-state index contributed by atoms with van der Waals surface area (Å²) in [6.45, 7) is 0.278. The molecule has 0 aliphatic carbocycles. The molecule has 1 aromatic carbocycles. The number of nitriles is 1. The second kappa shape index (κ2) is 8.16. The van der Waals surface area contributed by atoms with E-state index in [1.54, 1.807) is 24.1 Å². The molecule has 2 heterocycles. The van der Waals surface area contributed by atoms with Gasteiger partial charge in [-0.1, -0.05) is 35.2 Å². The molecule has 134 valence electrons. The van der Waals surface area contributed by atoms with Crippen LogP contribution in [0.4, 0.5) is 10.8 Å². The third-order valence-corrected chi connectivity index (χ3v) is 5.61. The minimum Gasteiger partial charge on any atom is -0.495 e. The Morgan fingerprint density at radius 1 is 1.50 bits per heavy atom. The molecular formula is C16H15N5O3S2. The largest absolute Gasteiger partial charge is 0.495 e. The predicted octanol–water partition coefficient (Wildman–Crippen LogP) is 2.15. The molecule has 1 N–H and O–H groups in total. The van der Waals surface area contributed by atoms with Gasteiger partial charge in [0.15, 0.2) is 4.34 Å². The minimum atomic E-state index is -0.480. The standard InChI is InChI=1S/C16H15N5O3S2/c1-24-12-5-3-2-4-11(12)21-9-10(8-13(21)22)14(23)18-15-19-20-16(26-15)25-7-6-17/h2-5,10H,7-9H2,1H3,(H,18,19,23)/t10-/m1/s1. The van der Waals surface area contributed by atoms with Gasteiger partial charge >= 0.3 is 0 Å². The number of benzene rings is 1. The number of thioether (sulfide) groups is 1. The highest BCUT2D eigenvalue weighted by Gasteiger charge is 2.36. The van der Waals surface area contributed by atoms with Gasteiger partial charge in [0.2, 0.25) is 16.9 Å². The monoisotopic (exact) mass is 389 g/mol. The van der Waals surface area contributed by atoms with Crippen LogP contribution >= 0.6 is 23.1 Å². The molecule has 1 atom stereocenters. The van der Waals surface area contributed by atoms with Crippen LogP contribution in [0.25, 0.3) is 0 Å². The summed E-state index contributed by atoms with van der Waals surface area (Å²) in [6.07, 6.45) is 0.124. The van der Waals surface area contributed by atoms with Crippen LogP contribution in [0.3, 0.4) is 0 Å². The molecule has 0 radical (unpaired) electrons. The van der Waals surface area contributed by atoms with E-state index in [0.717, 1.165) is 0 Å². The molecule has 2 amide bonds. The number of amides is 2. The second-order valence-electron chi connectivity index (χ2n) is 5.39. The summed E-state index contributed by atoms with van der Waals surface area (Å²) in [5.74, 6) is -0.0225. The Balaban J connectivity index is 1.65. The predicted molar refractivity (Wildman–Crippen MR) is 98.3 cm³/mol. The molecule has 0 bridgehead atoms. The van der Waals surface area contributed by atoms with Gasteiger partial charge in [-0.3, -0.25) is 9.59 Å². The highest BCUT2D eigenvalue weighted by atomic mass is 32.2. The molecule has 0 unspecified atom stereocenters. The molecule has 1 aliphatic heterocycles. The van der Waals surface area contributed by atoms with Gasteiger partial charge in [0.25, 0.3) is 0 Å². The Labute approximate surface area is 158 Å². The van der Waals surface area contributed by atoms with Gasteiger partial charge in [-0.25, -0.2) is 0 Å². The summed E-state index contributed by atoms with van der Waals surface area (Å²) in [5, 5.41) is 19.4. The summed E-state index contributed by atoms with van der Waals surface area (Å²) < 4.78 is 5.91. The number of methoxy groups -OCH3 is 1. The van der Waals surface area contributed by atoms with Gasteiger partial charge in [0.1, 0.15) is 5.75 Å². The van der Waals surface area contributed by atoms with E-state index in [1.165, 1.54) is 23.1 Å². The zero-order chi connectivity index (χ0) is 18.5. The number of para-hydroxylation sites is 2. The average Bonchev–Trinajstić information content (AvgIpc) is 3.26. The third kappa shape index (κ3) is 3.95. The molecule has 1 fully saturated rings. The summed E-state index contributed by atoms with van der Waals surface area (Å²) in [4.78, 5) is 26.4. The molecular weight excluding hydrogens is 374 g/mol. The highest BCUT2D eigenvalue weighted by molar-refractivity contribution is 8.01. The van der Waals surface area contributed by atoms with Crippen LogP contribution in [0.1, 0.15) is 6.42 Å². The van der Waals surface area contributed by atoms with Crippen LogP contribution in [0, 0.1) is 17.2 Å². The van der Waals surface area contributed by atoms with E-state index in [0.29, 0.717) is 20.9 Å². The molecule has 0 saturated carbocycles. The van der Waals surface area contributed by atoms with Crippen molar-refractivity contribution in [3.05, 3.63) is 24.3 Å². The van der Waals surface area contributed by atoms with Gasteiger partial charge < -0.3 is 15.0 Å². The molecule has 2 aromatic rings. The van der Waals surface area contributed by atoms with E-state index in [4.69, 9.17) is 10.00 Å². The smallest absolute Gasteiger partial charge is 0.231 e. The third-order valence-electron chi connectivity index (χ3n) is 3.77. The zero-order valence-electron chi connectivity index (χ0n) is 13.8. The summed E-state index contributed by atoms with van der Waals surface area (Å²) >= 11 is 2.46. The fourth-order valence-corrected chi connectivity index (χ4v) is 4.01. The lowest BCUT2D eigenvalue weighted by molar-refractivity contribution is -0.122. The maximum atomic E-state index is 12.5. The van der Waals surface area contributed by atoms with E-state index >= 15 is 0 Å². The van der Waals surface area contributed by atoms with Crippen molar-refractivity contribution in [1.82, 2.24) is 10.2 Å². The number of anilines is 2. The summed E-state index contributed by atoms with van der Waals surface area (Å²) in [6, 6.07) is 9.22. The molecule has 8 nitrogen and oxygen atoms in total. The molecule has 10 heteroatoms. The van der Waals surface area contributed by atoms with Crippen molar-refractivity contribution in [2.45, 2.75) is 10.8 Å². The SMILES string of the molecule is COc1ccccc1N1C[C@H](C(=O)Nc2nnc(SCC#N)s2)CC1=O. The summed E-state index contributed by atoms with van der Waals surface area (Å²) in [7, 11) is 1.54. The van der Waals surface area contributed by atoms with Gasteiger partial charge in [0, 0.05) is 13.0 Å². The van der Waals surface area contributed by atoms with E-state index in [2.05, 4.69) is 15.5 Å². The lowest BCUT2D eigenvalue weighted by Crippen LogP contribution is -2.28. The lowest BCUT2D eigenvalue weighted by atomic mass is 10.1. The van der Waals surface area contributed by atoms with Crippen molar-refractivity contribution in [2.75, 3.05) is 29.6 Å². The molecule has 1 saturated heterocycles. The fourth-order valence-electron chi connectivity index (χ4n) is 2.59. The molecule has 1 aliphatic rings. The molecule has 26 heavy (non-hydrogen) atoms. The van der Waals surface area contributed by atoms with E-state index in [9.17, 15) is 9.59 Å². The van der Waals surface area contributed by atoms with E-state index < -0.39 is 5.92 Å². The Morgan fingerprint density at radius 3 is 3.08 bits per heavy atom. The first-order valence-electron chi connectivity index (χ1n) is 7.70. The Hall–Kier alpha value is -2.64. The van der Waals surface area contributed by atoms with Crippen molar-refractivity contribution in [3.8, 4) is 11.8 Å². The van der Waals surface area contributed by atoms with Crippen molar-refractivity contribution in [1.29, 1.82) is 5.26 Å². The number of hydrogen-bond donors (Lipinski definition) is 1. The summed E-state index contributed by atoms with van der Waals surface area (Å²) in [5.41, 5.74) is 0.654.